The summed E-state index contributed by atoms with van der Waals surface area (Å²) in [5.74, 6) is 0.238. The van der Waals surface area contributed by atoms with Gasteiger partial charge in [-0.1, -0.05) is 24.3 Å². The zero-order valence-electron chi connectivity index (χ0n) is 12.3. The Morgan fingerprint density at radius 3 is 2.90 bits per heavy atom. The molecule has 0 radical (unpaired) electrons. The predicted octanol–water partition coefficient (Wildman–Crippen LogP) is 1.04. The highest BCUT2D eigenvalue weighted by Crippen LogP contribution is 2.26. The van der Waals surface area contributed by atoms with Gasteiger partial charge >= 0.3 is 0 Å². The Morgan fingerprint density at radius 2 is 2.15 bits per heavy atom. The van der Waals surface area contributed by atoms with Crippen molar-refractivity contribution < 1.29 is 4.79 Å². The van der Waals surface area contributed by atoms with Gasteiger partial charge in [0.05, 0.1) is 0 Å². The Labute approximate surface area is 120 Å². The first kappa shape index (κ1) is 13.6. The molecule has 4 heteroatoms. The minimum atomic E-state index is -0.152. The molecule has 0 aliphatic carbocycles. The van der Waals surface area contributed by atoms with Crippen molar-refractivity contribution >= 4 is 5.91 Å². The lowest BCUT2D eigenvalue weighted by Crippen LogP contribution is -2.44. The molecule has 1 saturated heterocycles. The van der Waals surface area contributed by atoms with Crippen molar-refractivity contribution in [1.29, 1.82) is 0 Å². The van der Waals surface area contributed by atoms with Crippen LogP contribution in [0.4, 0.5) is 0 Å². The Bertz CT molecular complexity index is 500. The number of hydrogen-bond donors (Lipinski definition) is 1. The normalized spacial score (nSPS) is 25.9. The van der Waals surface area contributed by atoms with Gasteiger partial charge in [0.15, 0.2) is 0 Å². The van der Waals surface area contributed by atoms with Crippen molar-refractivity contribution in [3.8, 4) is 0 Å². The predicted molar refractivity (Wildman–Crippen MR) is 79.6 cm³/mol. The van der Waals surface area contributed by atoms with E-state index in [0.29, 0.717) is 6.04 Å². The number of likely N-dealkylation sites (N-methyl/N-ethyl adjacent to an activating group) is 1. The van der Waals surface area contributed by atoms with Gasteiger partial charge in [-0.3, -0.25) is 4.79 Å². The Kier molecular flexibility index (Phi) is 3.76. The Hall–Kier alpha value is -1.39. The topological polar surface area (TPSA) is 35.6 Å². The molecule has 1 amide bonds. The number of rotatable bonds is 2. The van der Waals surface area contributed by atoms with Gasteiger partial charge < -0.3 is 15.1 Å². The van der Waals surface area contributed by atoms with E-state index in [4.69, 9.17) is 0 Å². The Balaban J connectivity index is 1.76. The molecule has 2 aliphatic heterocycles. The molecule has 1 aromatic rings. The lowest BCUT2D eigenvalue weighted by atomic mass is 9.93. The lowest BCUT2D eigenvalue weighted by molar-refractivity contribution is -0.132. The average molecular weight is 273 g/mol. The quantitative estimate of drug-likeness (QED) is 0.874. The van der Waals surface area contributed by atoms with Gasteiger partial charge in [0.2, 0.25) is 5.91 Å². The van der Waals surface area contributed by atoms with Gasteiger partial charge in [-0.2, -0.15) is 0 Å². The first-order valence-electron chi connectivity index (χ1n) is 7.43. The van der Waals surface area contributed by atoms with Crippen molar-refractivity contribution in [2.45, 2.75) is 24.9 Å². The molecule has 2 aliphatic rings. The molecule has 2 unspecified atom stereocenters. The number of carbonyl (C=O) groups excluding carboxylic acids is 1. The van der Waals surface area contributed by atoms with Crippen LogP contribution in [0.2, 0.25) is 0 Å². The molecule has 1 N–H and O–H groups in total. The van der Waals surface area contributed by atoms with Crippen LogP contribution in [0.25, 0.3) is 0 Å². The Morgan fingerprint density at radius 1 is 1.35 bits per heavy atom. The summed E-state index contributed by atoms with van der Waals surface area (Å²) in [5.41, 5.74) is 2.48. The van der Waals surface area contributed by atoms with Crippen LogP contribution in [-0.4, -0.2) is 55.5 Å². The molecule has 0 bridgehead atoms. The van der Waals surface area contributed by atoms with E-state index in [9.17, 15) is 4.79 Å². The molecule has 2 atom stereocenters. The second-order valence-corrected chi connectivity index (χ2v) is 6.03. The smallest absolute Gasteiger partial charge is 0.244 e. The number of amides is 1. The van der Waals surface area contributed by atoms with Gasteiger partial charge in [0, 0.05) is 25.7 Å². The maximum Gasteiger partial charge on any atom is 0.244 e. The van der Waals surface area contributed by atoms with Crippen molar-refractivity contribution in [1.82, 2.24) is 15.1 Å². The van der Waals surface area contributed by atoms with E-state index in [1.807, 2.05) is 11.0 Å². The summed E-state index contributed by atoms with van der Waals surface area (Å²) < 4.78 is 0. The molecule has 4 nitrogen and oxygen atoms in total. The summed E-state index contributed by atoms with van der Waals surface area (Å²) in [7, 11) is 4.18. The van der Waals surface area contributed by atoms with E-state index < -0.39 is 0 Å². The summed E-state index contributed by atoms with van der Waals surface area (Å²) in [6.45, 7) is 2.62. The van der Waals surface area contributed by atoms with Gasteiger partial charge in [0.25, 0.3) is 0 Å². The number of hydrogen-bond acceptors (Lipinski definition) is 3. The molecule has 20 heavy (non-hydrogen) atoms. The SMILES string of the molecule is CN(C)C1CCN(C(=O)C2NCCc3ccccc32)C1. The fourth-order valence-electron chi connectivity index (χ4n) is 3.27. The van der Waals surface area contributed by atoms with E-state index >= 15 is 0 Å². The number of carbonyl (C=O) groups is 1. The van der Waals surface area contributed by atoms with Gasteiger partial charge in [-0.05, 0) is 38.1 Å². The van der Waals surface area contributed by atoms with Crippen LogP contribution in [0.3, 0.4) is 0 Å². The lowest BCUT2D eigenvalue weighted by Gasteiger charge is -2.30. The molecule has 3 rings (SSSR count). The number of nitrogens with zero attached hydrogens (tertiary/aromatic N) is 2. The van der Waals surface area contributed by atoms with E-state index in [2.05, 4.69) is 42.5 Å². The summed E-state index contributed by atoms with van der Waals surface area (Å²) >= 11 is 0. The van der Waals surface area contributed by atoms with Gasteiger partial charge in [-0.25, -0.2) is 0 Å². The van der Waals surface area contributed by atoms with Crippen molar-refractivity contribution in [3.63, 3.8) is 0 Å². The van der Waals surface area contributed by atoms with Crippen molar-refractivity contribution in [2.75, 3.05) is 33.7 Å². The third-order valence-electron chi connectivity index (χ3n) is 4.56. The van der Waals surface area contributed by atoms with E-state index in [-0.39, 0.29) is 11.9 Å². The third-order valence-corrected chi connectivity index (χ3v) is 4.56. The summed E-state index contributed by atoms with van der Waals surface area (Å²) in [5, 5.41) is 3.39. The molecule has 108 valence electrons. The zero-order chi connectivity index (χ0) is 14.1. The van der Waals surface area contributed by atoms with Crippen LogP contribution in [0, 0.1) is 0 Å². The molecule has 1 aromatic carbocycles. The third kappa shape index (κ3) is 2.45. The molecule has 2 heterocycles. The summed E-state index contributed by atoms with van der Waals surface area (Å²) in [4.78, 5) is 17.0. The first-order valence-corrected chi connectivity index (χ1v) is 7.43. The van der Waals surface area contributed by atoms with Crippen LogP contribution in [-0.2, 0) is 11.2 Å². The number of fused-ring (bicyclic) bond motifs is 1. The maximum absolute atomic E-state index is 12.8. The van der Waals surface area contributed by atoms with E-state index in [1.165, 1.54) is 5.56 Å². The van der Waals surface area contributed by atoms with Crippen LogP contribution in [0.1, 0.15) is 23.6 Å². The fraction of sp³-hybridized carbons (Fsp3) is 0.562. The molecule has 1 fully saturated rings. The molecular weight excluding hydrogens is 250 g/mol. The van der Waals surface area contributed by atoms with Crippen LogP contribution >= 0.6 is 0 Å². The van der Waals surface area contributed by atoms with Crippen molar-refractivity contribution in [3.05, 3.63) is 35.4 Å². The van der Waals surface area contributed by atoms with Crippen molar-refractivity contribution in [2.24, 2.45) is 0 Å². The number of likely N-dealkylation sites (tertiary alicyclic amines) is 1. The zero-order valence-corrected chi connectivity index (χ0v) is 12.3. The maximum atomic E-state index is 12.8. The highest BCUT2D eigenvalue weighted by Gasteiger charge is 2.34. The largest absolute Gasteiger partial charge is 0.339 e. The fourth-order valence-corrected chi connectivity index (χ4v) is 3.27. The second-order valence-electron chi connectivity index (χ2n) is 6.03. The molecule has 0 aromatic heterocycles. The van der Waals surface area contributed by atoms with E-state index in [0.717, 1.165) is 38.0 Å². The highest BCUT2D eigenvalue weighted by atomic mass is 16.2. The average Bonchev–Trinajstić information content (AvgIpc) is 2.96. The molecule has 0 spiro atoms. The van der Waals surface area contributed by atoms with Crippen LogP contribution < -0.4 is 5.32 Å². The number of nitrogens with one attached hydrogen (secondary N) is 1. The van der Waals surface area contributed by atoms with E-state index in [1.54, 1.807) is 0 Å². The van der Waals surface area contributed by atoms with Gasteiger partial charge in [-0.15, -0.1) is 0 Å². The highest BCUT2D eigenvalue weighted by molar-refractivity contribution is 5.84. The van der Waals surface area contributed by atoms with Gasteiger partial charge in [0.1, 0.15) is 6.04 Å². The minimum absolute atomic E-state index is 0.152. The summed E-state index contributed by atoms with van der Waals surface area (Å²) in [6.07, 6.45) is 2.09. The monoisotopic (exact) mass is 273 g/mol. The number of benzene rings is 1. The second kappa shape index (κ2) is 5.54. The first-order chi connectivity index (χ1) is 9.66. The molecular formula is C16H23N3O. The standard InChI is InChI=1S/C16H23N3O/c1-18(2)13-8-10-19(11-13)16(20)15-14-6-4-3-5-12(14)7-9-17-15/h3-6,13,15,17H,7-11H2,1-2H3. The summed E-state index contributed by atoms with van der Waals surface area (Å²) in [6, 6.07) is 8.66. The van der Waals surface area contributed by atoms with Crippen LogP contribution in [0.5, 0.6) is 0 Å². The van der Waals surface area contributed by atoms with Crippen LogP contribution in [0.15, 0.2) is 24.3 Å². The molecule has 0 saturated carbocycles. The minimum Gasteiger partial charge on any atom is -0.339 e.